The maximum absolute atomic E-state index is 12.8. The van der Waals surface area contributed by atoms with Crippen LogP contribution in [0.1, 0.15) is 18.4 Å². The Morgan fingerprint density at radius 2 is 1.80 bits per heavy atom. The lowest BCUT2D eigenvalue weighted by atomic mass is 9.97. The average molecular weight is 475 g/mol. The number of rotatable bonds is 6. The van der Waals surface area contributed by atoms with Crippen molar-refractivity contribution in [1.82, 2.24) is 4.31 Å². The third-order valence-corrected chi connectivity index (χ3v) is 8.11. The number of carbonyl (C=O) groups is 1. The van der Waals surface area contributed by atoms with Gasteiger partial charge in [0, 0.05) is 19.0 Å². The molecule has 0 spiro atoms. The number of hydrogen-bond donors (Lipinski definition) is 1. The zero-order valence-corrected chi connectivity index (χ0v) is 18.5. The molecule has 0 atom stereocenters. The SMILES string of the molecule is Cc1ccc(S(=O)(=O)N2CCC(C(=O)Nc3cccc(Cl)c3SC(F)F)CC2)cc1. The van der Waals surface area contributed by atoms with Gasteiger partial charge in [0.15, 0.2) is 0 Å². The molecule has 1 aliphatic heterocycles. The molecule has 0 saturated carbocycles. The minimum Gasteiger partial charge on any atom is -0.325 e. The lowest BCUT2D eigenvalue weighted by Gasteiger charge is -2.30. The number of anilines is 1. The fraction of sp³-hybridized carbons (Fsp3) is 0.350. The van der Waals surface area contributed by atoms with Crippen LogP contribution in [0.4, 0.5) is 14.5 Å². The zero-order chi connectivity index (χ0) is 21.9. The maximum Gasteiger partial charge on any atom is 0.289 e. The summed E-state index contributed by atoms with van der Waals surface area (Å²) in [5.74, 6) is -3.42. The average Bonchev–Trinajstić information content (AvgIpc) is 2.71. The zero-order valence-electron chi connectivity index (χ0n) is 16.1. The number of alkyl halides is 2. The Bertz CT molecular complexity index is 1010. The van der Waals surface area contributed by atoms with Crippen LogP contribution in [-0.4, -0.2) is 37.5 Å². The molecule has 1 saturated heterocycles. The van der Waals surface area contributed by atoms with Crippen LogP contribution in [0.3, 0.4) is 0 Å². The van der Waals surface area contributed by atoms with Crippen LogP contribution in [0.2, 0.25) is 5.02 Å². The fourth-order valence-corrected chi connectivity index (χ4v) is 5.65. The van der Waals surface area contributed by atoms with E-state index in [9.17, 15) is 22.0 Å². The van der Waals surface area contributed by atoms with Crippen LogP contribution in [0, 0.1) is 12.8 Å². The Balaban J connectivity index is 1.65. The number of amides is 1. The fourth-order valence-electron chi connectivity index (χ4n) is 3.27. The molecule has 1 aliphatic rings. The smallest absolute Gasteiger partial charge is 0.289 e. The van der Waals surface area contributed by atoms with Crippen molar-refractivity contribution in [3.8, 4) is 0 Å². The van der Waals surface area contributed by atoms with Crippen molar-refractivity contribution >= 4 is 45.0 Å². The van der Waals surface area contributed by atoms with E-state index in [4.69, 9.17) is 11.6 Å². The second-order valence-electron chi connectivity index (χ2n) is 6.98. The van der Waals surface area contributed by atoms with E-state index in [1.54, 1.807) is 30.3 Å². The largest absolute Gasteiger partial charge is 0.325 e. The highest BCUT2D eigenvalue weighted by atomic mass is 35.5. The third-order valence-electron chi connectivity index (χ3n) is 4.92. The number of nitrogens with one attached hydrogen (secondary N) is 1. The van der Waals surface area contributed by atoms with Crippen molar-refractivity contribution in [3.63, 3.8) is 0 Å². The van der Waals surface area contributed by atoms with Crippen molar-refractivity contribution in [1.29, 1.82) is 0 Å². The van der Waals surface area contributed by atoms with E-state index in [1.807, 2.05) is 6.92 Å². The van der Waals surface area contributed by atoms with Gasteiger partial charge in [0.25, 0.3) is 5.76 Å². The highest BCUT2D eigenvalue weighted by Gasteiger charge is 2.32. The molecule has 1 fully saturated rings. The third kappa shape index (κ3) is 5.32. The second-order valence-corrected chi connectivity index (χ2v) is 10.3. The number of halogens is 3. The number of hydrogen-bond acceptors (Lipinski definition) is 4. The first-order valence-corrected chi connectivity index (χ1v) is 12.0. The molecule has 1 heterocycles. The highest BCUT2D eigenvalue weighted by Crippen LogP contribution is 2.38. The van der Waals surface area contributed by atoms with Gasteiger partial charge in [0.05, 0.1) is 20.5 Å². The first kappa shape index (κ1) is 23.0. The van der Waals surface area contributed by atoms with Crippen molar-refractivity contribution in [3.05, 3.63) is 53.1 Å². The number of carbonyl (C=O) groups excluding carboxylic acids is 1. The van der Waals surface area contributed by atoms with Crippen LogP contribution in [-0.2, 0) is 14.8 Å². The molecule has 0 aromatic heterocycles. The van der Waals surface area contributed by atoms with Crippen molar-refractivity contribution in [2.45, 2.75) is 35.3 Å². The quantitative estimate of drug-likeness (QED) is 0.598. The summed E-state index contributed by atoms with van der Waals surface area (Å²) in [7, 11) is -3.62. The predicted molar refractivity (Wildman–Crippen MR) is 115 cm³/mol. The van der Waals surface area contributed by atoms with E-state index >= 15 is 0 Å². The number of nitrogens with zero attached hydrogens (tertiary/aromatic N) is 1. The number of piperidine rings is 1. The van der Waals surface area contributed by atoms with Gasteiger partial charge in [-0.05, 0) is 44.0 Å². The summed E-state index contributed by atoms with van der Waals surface area (Å²) in [4.78, 5) is 13.0. The number of sulfonamides is 1. The monoisotopic (exact) mass is 474 g/mol. The maximum atomic E-state index is 12.8. The Labute approximate surface area is 183 Å². The first-order chi connectivity index (χ1) is 14.2. The van der Waals surface area contributed by atoms with Gasteiger partial charge in [-0.2, -0.15) is 13.1 Å². The summed E-state index contributed by atoms with van der Waals surface area (Å²) in [6.07, 6.45) is 0.684. The van der Waals surface area contributed by atoms with Crippen LogP contribution in [0.25, 0.3) is 0 Å². The standard InChI is InChI=1S/C20H21ClF2N2O3S2/c1-13-5-7-15(8-6-13)30(27,28)25-11-9-14(10-12-25)19(26)24-17-4-2-3-16(21)18(17)29-20(22)23/h2-8,14,20H,9-12H2,1H3,(H,24,26). The van der Waals surface area contributed by atoms with Gasteiger partial charge < -0.3 is 5.32 Å². The summed E-state index contributed by atoms with van der Waals surface area (Å²) >= 11 is 6.28. The molecule has 1 N–H and O–H groups in total. The molecule has 2 aromatic rings. The summed E-state index contributed by atoms with van der Waals surface area (Å²) in [5.41, 5.74) is 1.20. The summed E-state index contributed by atoms with van der Waals surface area (Å²) < 4.78 is 52.6. The number of aryl methyl sites for hydroxylation is 1. The van der Waals surface area contributed by atoms with Crippen LogP contribution >= 0.6 is 23.4 Å². The molecule has 1 amide bonds. The molecule has 0 radical (unpaired) electrons. The van der Waals surface area contributed by atoms with Crippen molar-refractivity contribution < 1.29 is 22.0 Å². The van der Waals surface area contributed by atoms with E-state index in [1.165, 1.54) is 16.4 Å². The Hall–Kier alpha value is -1.68. The Kier molecular flexibility index (Phi) is 7.38. The van der Waals surface area contributed by atoms with E-state index in [0.29, 0.717) is 12.8 Å². The molecule has 2 aromatic carbocycles. The molecule has 5 nitrogen and oxygen atoms in total. The van der Waals surface area contributed by atoms with Crippen molar-refractivity contribution in [2.24, 2.45) is 5.92 Å². The van der Waals surface area contributed by atoms with Gasteiger partial charge in [-0.1, -0.05) is 47.1 Å². The normalized spacial score (nSPS) is 16.0. The highest BCUT2D eigenvalue weighted by molar-refractivity contribution is 7.99. The topological polar surface area (TPSA) is 66.5 Å². The predicted octanol–water partition coefficient (Wildman–Crippen LogP) is 5.00. The number of benzene rings is 2. The Morgan fingerprint density at radius 1 is 1.17 bits per heavy atom. The molecule has 30 heavy (non-hydrogen) atoms. The molecule has 0 aliphatic carbocycles. The van der Waals surface area contributed by atoms with Gasteiger partial charge in [-0.15, -0.1) is 0 Å². The second kappa shape index (κ2) is 9.64. The molecule has 0 bridgehead atoms. The van der Waals surface area contributed by atoms with Crippen molar-refractivity contribution in [2.75, 3.05) is 18.4 Å². The lowest BCUT2D eigenvalue weighted by molar-refractivity contribution is -0.120. The van der Waals surface area contributed by atoms with Gasteiger partial charge in [-0.3, -0.25) is 4.79 Å². The van der Waals surface area contributed by atoms with E-state index in [0.717, 1.165) is 5.56 Å². The first-order valence-electron chi connectivity index (χ1n) is 9.29. The van der Waals surface area contributed by atoms with E-state index in [2.05, 4.69) is 5.32 Å². The minimum atomic E-state index is -3.62. The van der Waals surface area contributed by atoms with Crippen LogP contribution in [0.15, 0.2) is 52.3 Å². The van der Waals surface area contributed by atoms with Gasteiger partial charge in [0.2, 0.25) is 15.9 Å². The molecule has 10 heteroatoms. The van der Waals surface area contributed by atoms with E-state index < -0.39 is 21.7 Å². The number of thioether (sulfide) groups is 1. The molecule has 0 unspecified atom stereocenters. The lowest BCUT2D eigenvalue weighted by Crippen LogP contribution is -2.41. The molecular weight excluding hydrogens is 454 g/mol. The molecule has 162 valence electrons. The van der Waals surface area contributed by atoms with E-state index in [-0.39, 0.29) is 51.3 Å². The molecular formula is C20H21ClF2N2O3S2. The Morgan fingerprint density at radius 3 is 2.40 bits per heavy atom. The van der Waals surface area contributed by atoms with Gasteiger partial charge >= 0.3 is 0 Å². The summed E-state index contributed by atoms with van der Waals surface area (Å²) in [6, 6.07) is 11.2. The van der Waals surface area contributed by atoms with Crippen LogP contribution < -0.4 is 5.32 Å². The molecule has 3 rings (SSSR count). The van der Waals surface area contributed by atoms with Gasteiger partial charge in [-0.25, -0.2) is 8.42 Å². The van der Waals surface area contributed by atoms with Crippen LogP contribution in [0.5, 0.6) is 0 Å². The van der Waals surface area contributed by atoms with Gasteiger partial charge in [0.1, 0.15) is 0 Å². The minimum absolute atomic E-state index is 0.113. The summed E-state index contributed by atoms with van der Waals surface area (Å²) in [5, 5.41) is 2.81. The summed E-state index contributed by atoms with van der Waals surface area (Å²) in [6.45, 7) is 2.30.